The summed E-state index contributed by atoms with van der Waals surface area (Å²) in [5.74, 6) is -2.49. The van der Waals surface area contributed by atoms with E-state index in [-0.39, 0.29) is 25.9 Å². The van der Waals surface area contributed by atoms with Gasteiger partial charge >= 0.3 is 12.1 Å². The van der Waals surface area contributed by atoms with Gasteiger partial charge in [0, 0.05) is 13.0 Å². The molecule has 11 nitrogen and oxygen atoms in total. The van der Waals surface area contributed by atoms with Gasteiger partial charge in [-0.2, -0.15) is 0 Å². The number of hydrogen-bond donors (Lipinski definition) is 3. The molecule has 0 aliphatic carbocycles. The minimum atomic E-state index is -1.18. The first kappa shape index (κ1) is 30.4. The van der Waals surface area contributed by atoms with Crippen LogP contribution in [0.1, 0.15) is 64.1 Å². The lowest BCUT2D eigenvalue weighted by atomic mass is 10.00. The van der Waals surface area contributed by atoms with Crippen LogP contribution in [0.3, 0.4) is 0 Å². The van der Waals surface area contributed by atoms with Gasteiger partial charge in [-0.15, -0.1) is 0 Å². The quantitative estimate of drug-likeness (QED) is 0.364. The maximum atomic E-state index is 13.8. The minimum Gasteiger partial charge on any atom is -0.468 e. The van der Waals surface area contributed by atoms with E-state index < -0.39 is 47.5 Å². The highest BCUT2D eigenvalue weighted by molar-refractivity contribution is 5.93. The van der Waals surface area contributed by atoms with E-state index in [1.165, 1.54) is 12.0 Å². The number of hydrogen-bond acceptors (Lipinski definition) is 7. The Kier molecular flexibility index (Phi) is 11.9. The molecule has 0 heterocycles. The Morgan fingerprint density at radius 2 is 1.69 bits per heavy atom. The molecule has 1 aromatic carbocycles. The molecule has 11 heteroatoms. The van der Waals surface area contributed by atoms with Crippen LogP contribution in [0.5, 0.6) is 0 Å². The van der Waals surface area contributed by atoms with E-state index >= 15 is 0 Å². The van der Waals surface area contributed by atoms with Gasteiger partial charge in [-0.1, -0.05) is 36.8 Å². The zero-order valence-electron chi connectivity index (χ0n) is 21.9. The summed E-state index contributed by atoms with van der Waals surface area (Å²) in [6.45, 7) is 8.52. The molecule has 0 saturated heterocycles. The lowest BCUT2D eigenvalue weighted by Crippen LogP contribution is -2.53. The Balaban J connectivity index is 3.40. The number of primary amides is 1. The Morgan fingerprint density at radius 3 is 2.19 bits per heavy atom. The molecule has 2 atom stereocenters. The van der Waals surface area contributed by atoms with Gasteiger partial charge in [0.15, 0.2) is 0 Å². The Bertz CT molecular complexity index is 925. The summed E-state index contributed by atoms with van der Waals surface area (Å²) >= 11 is 0. The molecule has 200 valence electrons. The van der Waals surface area contributed by atoms with Crippen molar-refractivity contribution in [3.05, 3.63) is 35.4 Å². The third-order valence-electron chi connectivity index (χ3n) is 5.00. The van der Waals surface area contributed by atoms with Crippen LogP contribution < -0.4 is 16.4 Å². The molecule has 0 spiro atoms. The predicted octanol–water partition coefficient (Wildman–Crippen LogP) is 1.72. The van der Waals surface area contributed by atoms with Crippen molar-refractivity contribution < 1.29 is 33.4 Å². The van der Waals surface area contributed by atoms with Crippen molar-refractivity contribution in [2.24, 2.45) is 5.73 Å². The summed E-state index contributed by atoms with van der Waals surface area (Å²) in [6, 6.07) is 4.74. The molecular formula is C25H38N4O7. The summed E-state index contributed by atoms with van der Waals surface area (Å²) in [4.78, 5) is 63.9. The molecule has 0 saturated carbocycles. The number of nitrogens with two attached hydrogens (primary N) is 1. The number of aryl methyl sites for hydroxylation is 1. The van der Waals surface area contributed by atoms with Crippen molar-refractivity contribution in [2.45, 2.75) is 71.6 Å². The van der Waals surface area contributed by atoms with Gasteiger partial charge in [0.25, 0.3) is 0 Å². The monoisotopic (exact) mass is 506 g/mol. The van der Waals surface area contributed by atoms with Crippen molar-refractivity contribution in [1.82, 2.24) is 15.5 Å². The second-order valence-corrected chi connectivity index (χ2v) is 9.34. The lowest BCUT2D eigenvalue weighted by molar-refractivity contribution is -0.144. The van der Waals surface area contributed by atoms with Gasteiger partial charge in [-0.25, -0.2) is 4.79 Å². The molecule has 0 bridgehead atoms. The summed E-state index contributed by atoms with van der Waals surface area (Å²) in [5.41, 5.74) is 5.93. The van der Waals surface area contributed by atoms with Crippen LogP contribution in [0, 0.1) is 6.92 Å². The van der Waals surface area contributed by atoms with Crippen LogP contribution in [0.15, 0.2) is 24.3 Å². The number of nitrogens with one attached hydrogen (secondary N) is 2. The molecule has 0 fully saturated rings. The number of nitrogens with zero attached hydrogens (tertiary/aromatic N) is 1. The zero-order valence-corrected chi connectivity index (χ0v) is 21.9. The number of carbonyl (C=O) groups excluding carboxylic acids is 5. The van der Waals surface area contributed by atoms with E-state index in [2.05, 4.69) is 15.4 Å². The molecule has 0 radical (unpaired) electrons. The van der Waals surface area contributed by atoms with Crippen molar-refractivity contribution in [3.63, 3.8) is 0 Å². The fourth-order valence-electron chi connectivity index (χ4n) is 3.35. The molecule has 4 amide bonds. The van der Waals surface area contributed by atoms with Crippen LogP contribution in [0.2, 0.25) is 0 Å². The SMILES string of the molecule is CCCN(C(=O)C(CCC(N)=O)NC(=O)OC(C)(C)C)C(C(=O)NCC(=O)OC)c1ccc(C)cc1. The summed E-state index contributed by atoms with van der Waals surface area (Å²) in [5, 5.41) is 5.02. The summed E-state index contributed by atoms with van der Waals surface area (Å²) in [7, 11) is 1.20. The third kappa shape index (κ3) is 10.3. The molecular weight excluding hydrogens is 468 g/mol. The molecule has 4 N–H and O–H groups in total. The second-order valence-electron chi connectivity index (χ2n) is 9.34. The number of esters is 1. The predicted molar refractivity (Wildman–Crippen MR) is 133 cm³/mol. The van der Waals surface area contributed by atoms with Crippen molar-refractivity contribution >= 4 is 29.8 Å². The highest BCUT2D eigenvalue weighted by Gasteiger charge is 2.36. The van der Waals surface area contributed by atoms with Crippen molar-refractivity contribution in [3.8, 4) is 0 Å². The number of alkyl carbamates (subject to hydrolysis) is 1. The molecule has 0 aromatic heterocycles. The maximum Gasteiger partial charge on any atom is 0.408 e. The number of rotatable bonds is 12. The third-order valence-corrected chi connectivity index (χ3v) is 5.00. The average Bonchev–Trinajstić information content (AvgIpc) is 2.79. The number of methoxy groups -OCH3 is 1. The smallest absolute Gasteiger partial charge is 0.408 e. The van der Waals surface area contributed by atoms with E-state index in [0.29, 0.717) is 12.0 Å². The highest BCUT2D eigenvalue weighted by Crippen LogP contribution is 2.24. The maximum absolute atomic E-state index is 13.8. The van der Waals surface area contributed by atoms with Gasteiger partial charge < -0.3 is 30.7 Å². The Labute approximate surface area is 212 Å². The molecule has 0 aliphatic heterocycles. The van der Waals surface area contributed by atoms with E-state index in [1.54, 1.807) is 45.0 Å². The van der Waals surface area contributed by atoms with Crippen LogP contribution >= 0.6 is 0 Å². The zero-order chi connectivity index (χ0) is 27.5. The molecule has 36 heavy (non-hydrogen) atoms. The first-order chi connectivity index (χ1) is 16.8. The Hall–Kier alpha value is -3.63. The van der Waals surface area contributed by atoms with Crippen LogP contribution in [0.4, 0.5) is 4.79 Å². The van der Waals surface area contributed by atoms with Gasteiger partial charge in [-0.05, 0) is 46.1 Å². The standard InChI is InChI=1S/C25H38N4O7/c1-7-14-29(23(33)18(12-13-19(26)30)28-24(34)36-25(3,4)5)21(17-10-8-16(2)9-11-17)22(32)27-15-20(31)35-6/h8-11,18,21H,7,12-15H2,1-6H3,(H2,26,30)(H,27,32)(H,28,34). The van der Waals surface area contributed by atoms with E-state index in [9.17, 15) is 24.0 Å². The normalized spacial score (nSPS) is 12.6. The van der Waals surface area contributed by atoms with Gasteiger partial charge in [-0.3, -0.25) is 19.2 Å². The van der Waals surface area contributed by atoms with Crippen LogP contribution in [-0.4, -0.2) is 66.5 Å². The summed E-state index contributed by atoms with van der Waals surface area (Å²) in [6.07, 6.45) is -0.606. The van der Waals surface area contributed by atoms with Crippen molar-refractivity contribution in [1.29, 1.82) is 0 Å². The number of carbonyl (C=O) groups is 5. The van der Waals surface area contributed by atoms with Gasteiger partial charge in [0.05, 0.1) is 7.11 Å². The minimum absolute atomic E-state index is 0.0853. The fraction of sp³-hybridized carbons (Fsp3) is 0.560. The van der Waals surface area contributed by atoms with E-state index in [0.717, 1.165) is 5.56 Å². The van der Waals surface area contributed by atoms with E-state index in [1.807, 2.05) is 13.8 Å². The average molecular weight is 507 g/mol. The Morgan fingerprint density at radius 1 is 1.08 bits per heavy atom. The van der Waals surface area contributed by atoms with Gasteiger partial charge in [0.2, 0.25) is 17.7 Å². The largest absolute Gasteiger partial charge is 0.468 e. The van der Waals surface area contributed by atoms with Crippen LogP contribution in [-0.2, 0) is 28.7 Å². The number of ether oxygens (including phenoxy) is 2. The highest BCUT2D eigenvalue weighted by atomic mass is 16.6. The van der Waals surface area contributed by atoms with Gasteiger partial charge in [0.1, 0.15) is 24.2 Å². The first-order valence-electron chi connectivity index (χ1n) is 11.8. The number of benzene rings is 1. The second kappa shape index (κ2) is 14.1. The summed E-state index contributed by atoms with van der Waals surface area (Å²) < 4.78 is 9.87. The molecule has 2 unspecified atom stereocenters. The number of amides is 4. The first-order valence-corrected chi connectivity index (χ1v) is 11.8. The molecule has 1 aromatic rings. The molecule has 0 aliphatic rings. The fourth-order valence-corrected chi connectivity index (χ4v) is 3.35. The van der Waals surface area contributed by atoms with Crippen LogP contribution in [0.25, 0.3) is 0 Å². The topological polar surface area (TPSA) is 157 Å². The lowest BCUT2D eigenvalue weighted by Gasteiger charge is -2.34. The van der Waals surface area contributed by atoms with E-state index in [4.69, 9.17) is 10.5 Å². The van der Waals surface area contributed by atoms with Crippen molar-refractivity contribution in [2.75, 3.05) is 20.2 Å². The molecule has 1 rings (SSSR count).